The molecule has 3 heteroatoms. The number of hydrogen-bond donors (Lipinski definition) is 2. The van der Waals surface area contributed by atoms with Crippen LogP contribution in [0.5, 0.6) is 0 Å². The van der Waals surface area contributed by atoms with Gasteiger partial charge in [0.2, 0.25) is 5.91 Å². The van der Waals surface area contributed by atoms with Crippen LogP contribution in [0.4, 0.5) is 0 Å². The number of rotatable bonds is 2. The minimum atomic E-state index is -0.255. The van der Waals surface area contributed by atoms with Crippen molar-refractivity contribution in [2.75, 3.05) is 0 Å². The van der Waals surface area contributed by atoms with E-state index in [0.717, 1.165) is 6.08 Å². The summed E-state index contributed by atoms with van der Waals surface area (Å²) in [5.41, 5.74) is 0. The number of amides is 1. The third-order valence-electron chi connectivity index (χ3n) is 0.771. The quantitative estimate of drug-likeness (QED) is 0.447. The summed E-state index contributed by atoms with van der Waals surface area (Å²) in [5, 5.41) is 11.2. The zero-order chi connectivity index (χ0) is 8.15. The van der Waals surface area contributed by atoms with E-state index in [0.29, 0.717) is 0 Å². The number of hydrogen-bond acceptors (Lipinski definition) is 2. The lowest BCUT2D eigenvalue weighted by atomic mass is 10.3. The maximum Gasteiger partial charge on any atom is 0.247 e. The van der Waals surface area contributed by atoms with Crippen molar-refractivity contribution in [1.29, 1.82) is 0 Å². The van der Waals surface area contributed by atoms with E-state index < -0.39 is 0 Å². The first-order valence-corrected chi connectivity index (χ1v) is 3.20. The fourth-order valence-corrected chi connectivity index (χ4v) is 0.516. The zero-order valence-corrected chi connectivity index (χ0v) is 6.51. The van der Waals surface area contributed by atoms with Crippen molar-refractivity contribution in [3.8, 4) is 0 Å². The van der Waals surface area contributed by atoms with Crippen molar-refractivity contribution in [1.82, 2.24) is 5.32 Å². The summed E-state index contributed by atoms with van der Waals surface area (Å²) >= 11 is 0. The summed E-state index contributed by atoms with van der Waals surface area (Å²) < 4.78 is 0. The van der Waals surface area contributed by atoms with E-state index in [-0.39, 0.29) is 17.7 Å². The van der Waals surface area contributed by atoms with Crippen LogP contribution in [0.1, 0.15) is 20.8 Å². The van der Waals surface area contributed by atoms with E-state index in [9.17, 15) is 4.79 Å². The van der Waals surface area contributed by atoms with Crippen LogP contribution in [0.15, 0.2) is 11.8 Å². The highest BCUT2D eigenvalue weighted by molar-refractivity contribution is 5.87. The van der Waals surface area contributed by atoms with Gasteiger partial charge in [0.15, 0.2) is 0 Å². The summed E-state index contributed by atoms with van der Waals surface area (Å²) in [6, 6.07) is 0.114. The first-order chi connectivity index (χ1) is 4.52. The molecule has 0 atom stereocenters. The third-order valence-corrected chi connectivity index (χ3v) is 0.771. The second-order valence-electron chi connectivity index (χ2n) is 2.45. The highest BCUT2D eigenvalue weighted by atomic mass is 16.3. The van der Waals surface area contributed by atoms with Crippen LogP contribution in [-0.2, 0) is 4.79 Å². The average molecular weight is 143 g/mol. The molecule has 58 valence electrons. The topological polar surface area (TPSA) is 49.3 Å². The minimum absolute atomic E-state index is 0.0261. The maximum absolute atomic E-state index is 10.7. The van der Waals surface area contributed by atoms with E-state index in [1.165, 1.54) is 6.92 Å². The molecule has 2 N–H and O–H groups in total. The van der Waals surface area contributed by atoms with E-state index in [1.807, 2.05) is 13.8 Å². The Morgan fingerprint density at radius 1 is 1.60 bits per heavy atom. The van der Waals surface area contributed by atoms with Gasteiger partial charge in [-0.05, 0) is 20.8 Å². The summed E-state index contributed by atoms with van der Waals surface area (Å²) in [4.78, 5) is 10.7. The summed E-state index contributed by atoms with van der Waals surface area (Å²) in [7, 11) is 0. The highest BCUT2D eigenvalue weighted by Gasteiger charge is 1.97. The van der Waals surface area contributed by atoms with Gasteiger partial charge >= 0.3 is 0 Å². The van der Waals surface area contributed by atoms with Crippen LogP contribution in [0.2, 0.25) is 0 Å². The molecule has 0 heterocycles. The van der Waals surface area contributed by atoms with Crippen LogP contribution < -0.4 is 5.32 Å². The molecule has 1 amide bonds. The molecule has 0 fully saturated rings. The number of aliphatic hydroxyl groups excluding tert-OH is 1. The lowest BCUT2D eigenvalue weighted by molar-refractivity contribution is -0.117. The van der Waals surface area contributed by atoms with Crippen LogP contribution in [0.25, 0.3) is 0 Å². The van der Waals surface area contributed by atoms with Crippen molar-refractivity contribution in [3.63, 3.8) is 0 Å². The van der Waals surface area contributed by atoms with Crippen molar-refractivity contribution in [3.05, 3.63) is 11.8 Å². The van der Waals surface area contributed by atoms with Crippen LogP contribution >= 0.6 is 0 Å². The highest BCUT2D eigenvalue weighted by Crippen LogP contribution is 1.84. The third kappa shape index (κ3) is 5.15. The van der Waals surface area contributed by atoms with E-state index in [1.54, 1.807) is 0 Å². The lowest BCUT2D eigenvalue weighted by Crippen LogP contribution is -2.28. The molecule has 0 bridgehead atoms. The van der Waals surface area contributed by atoms with Gasteiger partial charge < -0.3 is 10.4 Å². The smallest absolute Gasteiger partial charge is 0.247 e. The van der Waals surface area contributed by atoms with Gasteiger partial charge in [-0.1, -0.05) is 0 Å². The first kappa shape index (κ1) is 9.01. The fraction of sp³-hybridized carbons (Fsp3) is 0.571. The van der Waals surface area contributed by atoms with Crippen molar-refractivity contribution in [2.45, 2.75) is 26.8 Å². The van der Waals surface area contributed by atoms with Crippen LogP contribution in [0.3, 0.4) is 0 Å². The second-order valence-corrected chi connectivity index (χ2v) is 2.45. The summed E-state index contributed by atoms with van der Waals surface area (Å²) in [6.07, 6.45) is 1.15. The molecule has 0 aromatic carbocycles. The number of aliphatic hydroxyl groups is 1. The normalized spacial score (nSPS) is 11.8. The van der Waals surface area contributed by atoms with Gasteiger partial charge in [-0.2, -0.15) is 0 Å². The molecule has 0 aromatic heterocycles. The molecule has 0 aromatic rings. The van der Waals surface area contributed by atoms with Gasteiger partial charge in [-0.15, -0.1) is 0 Å². The molecule has 0 rings (SSSR count). The molecular weight excluding hydrogens is 130 g/mol. The van der Waals surface area contributed by atoms with E-state index in [4.69, 9.17) is 5.11 Å². The number of nitrogens with one attached hydrogen (secondary N) is 1. The van der Waals surface area contributed by atoms with E-state index in [2.05, 4.69) is 5.32 Å². The van der Waals surface area contributed by atoms with Gasteiger partial charge in [0.1, 0.15) is 0 Å². The molecule has 0 saturated carbocycles. The molecule has 0 saturated heterocycles. The van der Waals surface area contributed by atoms with Crippen LogP contribution in [-0.4, -0.2) is 17.1 Å². The molecule has 0 spiro atoms. The molecule has 0 aliphatic carbocycles. The van der Waals surface area contributed by atoms with Gasteiger partial charge in [-0.25, -0.2) is 0 Å². The fourth-order valence-electron chi connectivity index (χ4n) is 0.516. The van der Waals surface area contributed by atoms with Gasteiger partial charge in [0.25, 0.3) is 0 Å². The molecule has 0 unspecified atom stereocenters. The summed E-state index contributed by atoms with van der Waals surface area (Å²) in [5.74, 6) is -0.229. The molecule has 3 nitrogen and oxygen atoms in total. The summed E-state index contributed by atoms with van der Waals surface area (Å²) in [6.45, 7) is 5.18. The Balaban J connectivity index is 3.76. The van der Waals surface area contributed by atoms with Gasteiger partial charge in [0, 0.05) is 12.1 Å². The first-order valence-electron chi connectivity index (χ1n) is 3.20. The Labute approximate surface area is 60.7 Å². The zero-order valence-electron chi connectivity index (χ0n) is 6.51. The second kappa shape index (κ2) is 3.93. The Kier molecular flexibility index (Phi) is 3.54. The standard InChI is InChI=1S/C7H13NO2/c1-5(2)8-7(10)4-6(3)9/h4-5,9H,1-3H3,(H,8,10)/b6-4+. The number of allylic oxidation sites excluding steroid dienone is 1. The predicted octanol–water partition coefficient (Wildman–Crippen LogP) is 0.973. The monoisotopic (exact) mass is 143 g/mol. The number of carbonyl (C=O) groups excluding carboxylic acids is 1. The maximum atomic E-state index is 10.7. The molecular formula is C7H13NO2. The minimum Gasteiger partial charge on any atom is -0.512 e. The Bertz CT molecular complexity index is 146. The Morgan fingerprint density at radius 3 is 2.40 bits per heavy atom. The van der Waals surface area contributed by atoms with Crippen molar-refractivity contribution >= 4 is 5.91 Å². The Morgan fingerprint density at radius 2 is 2.10 bits per heavy atom. The number of carbonyl (C=O) groups is 1. The van der Waals surface area contributed by atoms with Crippen molar-refractivity contribution in [2.24, 2.45) is 0 Å². The van der Waals surface area contributed by atoms with E-state index >= 15 is 0 Å². The molecule has 10 heavy (non-hydrogen) atoms. The average Bonchev–Trinajstić information content (AvgIpc) is 1.58. The Hall–Kier alpha value is -0.990. The molecule has 0 radical (unpaired) electrons. The lowest BCUT2D eigenvalue weighted by Gasteiger charge is -2.03. The van der Waals surface area contributed by atoms with Gasteiger partial charge in [-0.3, -0.25) is 4.79 Å². The predicted molar refractivity (Wildman–Crippen MR) is 39.7 cm³/mol. The largest absolute Gasteiger partial charge is 0.512 e. The van der Waals surface area contributed by atoms with Crippen molar-refractivity contribution < 1.29 is 9.90 Å². The van der Waals surface area contributed by atoms with Crippen LogP contribution in [0, 0.1) is 0 Å². The van der Waals surface area contributed by atoms with Gasteiger partial charge in [0.05, 0.1) is 5.76 Å². The SMILES string of the molecule is C/C(O)=C\C(=O)NC(C)C. The molecule has 0 aliphatic rings. The molecule has 0 aliphatic heterocycles.